The number of aliphatic carboxylic acids is 1. The van der Waals surface area contributed by atoms with E-state index < -0.39 is 12.0 Å². The first-order valence-corrected chi connectivity index (χ1v) is 3.74. The van der Waals surface area contributed by atoms with Gasteiger partial charge in [-0.1, -0.05) is 13.3 Å². The van der Waals surface area contributed by atoms with Gasteiger partial charge in [-0.05, 0) is 19.9 Å². The van der Waals surface area contributed by atoms with Gasteiger partial charge in [-0.2, -0.15) is 0 Å². The highest BCUT2D eigenvalue weighted by molar-refractivity contribution is 5.72. The summed E-state index contributed by atoms with van der Waals surface area (Å²) < 4.78 is 0. The molecule has 0 aromatic carbocycles. The smallest absolute Gasteiger partial charge is 0.320 e. The van der Waals surface area contributed by atoms with Crippen molar-refractivity contribution in [3.05, 3.63) is 0 Å². The molecular formula is C7H18N2O2. The SMILES string of the molecule is CC(N)C(=O)O.CCCCN. The second-order valence-corrected chi connectivity index (χ2v) is 2.27. The summed E-state index contributed by atoms with van der Waals surface area (Å²) in [5.74, 6) is -0.963. The summed E-state index contributed by atoms with van der Waals surface area (Å²) in [6.45, 7) is 4.39. The van der Waals surface area contributed by atoms with Gasteiger partial charge in [-0.15, -0.1) is 0 Å². The van der Waals surface area contributed by atoms with E-state index in [1.54, 1.807) is 0 Å². The van der Waals surface area contributed by atoms with Crippen LogP contribution in [-0.4, -0.2) is 23.7 Å². The molecular weight excluding hydrogens is 144 g/mol. The zero-order chi connectivity index (χ0) is 9.28. The Morgan fingerprint density at radius 2 is 2.00 bits per heavy atom. The van der Waals surface area contributed by atoms with E-state index in [-0.39, 0.29) is 0 Å². The van der Waals surface area contributed by atoms with Gasteiger partial charge in [-0.25, -0.2) is 0 Å². The number of rotatable bonds is 3. The summed E-state index contributed by atoms with van der Waals surface area (Å²) in [6, 6.07) is -0.731. The van der Waals surface area contributed by atoms with Gasteiger partial charge in [-0.3, -0.25) is 4.79 Å². The van der Waals surface area contributed by atoms with Crippen LogP contribution < -0.4 is 11.5 Å². The third-order valence-corrected chi connectivity index (χ3v) is 0.947. The summed E-state index contributed by atoms with van der Waals surface area (Å²) in [7, 11) is 0. The van der Waals surface area contributed by atoms with E-state index in [4.69, 9.17) is 16.6 Å². The molecule has 0 heterocycles. The Hall–Kier alpha value is -0.610. The molecule has 0 spiro atoms. The van der Waals surface area contributed by atoms with Crippen LogP contribution >= 0.6 is 0 Å². The predicted molar refractivity (Wildman–Crippen MR) is 45.2 cm³/mol. The molecule has 0 saturated carbocycles. The monoisotopic (exact) mass is 162 g/mol. The van der Waals surface area contributed by atoms with Gasteiger partial charge in [0.2, 0.25) is 0 Å². The van der Waals surface area contributed by atoms with Crippen molar-refractivity contribution in [3.8, 4) is 0 Å². The molecule has 1 unspecified atom stereocenters. The first kappa shape index (κ1) is 13.0. The quantitative estimate of drug-likeness (QED) is 0.551. The van der Waals surface area contributed by atoms with E-state index in [1.807, 2.05) is 0 Å². The van der Waals surface area contributed by atoms with Crippen molar-refractivity contribution >= 4 is 5.97 Å². The van der Waals surface area contributed by atoms with E-state index in [0.717, 1.165) is 6.54 Å². The molecule has 0 aliphatic heterocycles. The van der Waals surface area contributed by atoms with Crippen molar-refractivity contribution in [1.82, 2.24) is 0 Å². The van der Waals surface area contributed by atoms with Gasteiger partial charge in [0, 0.05) is 0 Å². The van der Waals surface area contributed by atoms with E-state index in [2.05, 4.69) is 6.92 Å². The van der Waals surface area contributed by atoms with Crippen LogP contribution in [0, 0.1) is 0 Å². The Kier molecular flexibility index (Phi) is 11.1. The lowest BCUT2D eigenvalue weighted by molar-refractivity contribution is -0.138. The molecule has 0 bridgehead atoms. The van der Waals surface area contributed by atoms with Crippen LogP contribution in [0.3, 0.4) is 0 Å². The molecule has 1 atom stereocenters. The third kappa shape index (κ3) is 17.7. The van der Waals surface area contributed by atoms with E-state index >= 15 is 0 Å². The third-order valence-electron chi connectivity index (χ3n) is 0.947. The van der Waals surface area contributed by atoms with Gasteiger partial charge in [0.1, 0.15) is 6.04 Å². The fourth-order valence-electron chi connectivity index (χ4n) is 0.204. The zero-order valence-electron chi connectivity index (χ0n) is 7.21. The lowest BCUT2D eigenvalue weighted by Crippen LogP contribution is -2.25. The molecule has 0 aromatic rings. The second-order valence-electron chi connectivity index (χ2n) is 2.27. The predicted octanol–water partition coefficient (Wildman–Crippen LogP) is 0.163. The number of carboxylic acids is 1. The lowest BCUT2D eigenvalue weighted by Gasteiger charge is -1.90. The summed E-state index contributed by atoms with van der Waals surface area (Å²) in [4.78, 5) is 9.57. The Morgan fingerprint density at radius 3 is 2.00 bits per heavy atom. The largest absolute Gasteiger partial charge is 0.480 e. The zero-order valence-corrected chi connectivity index (χ0v) is 7.21. The highest BCUT2D eigenvalue weighted by atomic mass is 16.4. The molecule has 0 aromatic heterocycles. The Morgan fingerprint density at radius 1 is 1.64 bits per heavy atom. The van der Waals surface area contributed by atoms with Gasteiger partial charge >= 0.3 is 5.97 Å². The Labute approximate surface area is 67.6 Å². The number of hydrogen-bond acceptors (Lipinski definition) is 3. The Bertz CT molecular complexity index is 92.4. The van der Waals surface area contributed by atoms with Crippen LogP contribution in [-0.2, 0) is 4.79 Å². The maximum atomic E-state index is 9.57. The van der Waals surface area contributed by atoms with Gasteiger partial charge in [0.25, 0.3) is 0 Å². The average molecular weight is 162 g/mol. The molecule has 4 heteroatoms. The maximum absolute atomic E-state index is 9.57. The molecule has 0 saturated heterocycles. The molecule has 0 aliphatic carbocycles. The highest BCUT2D eigenvalue weighted by Crippen LogP contribution is 1.77. The fraction of sp³-hybridized carbons (Fsp3) is 0.857. The van der Waals surface area contributed by atoms with Crippen LogP contribution in [0.4, 0.5) is 0 Å². The minimum absolute atomic E-state index is 0.731. The molecule has 5 N–H and O–H groups in total. The van der Waals surface area contributed by atoms with E-state index in [1.165, 1.54) is 19.8 Å². The number of hydrogen-bond donors (Lipinski definition) is 3. The summed E-state index contributed by atoms with van der Waals surface area (Å²) in [6.07, 6.45) is 2.39. The molecule has 0 rings (SSSR count). The van der Waals surface area contributed by atoms with Crippen molar-refractivity contribution in [3.63, 3.8) is 0 Å². The van der Waals surface area contributed by atoms with Crippen molar-refractivity contribution in [2.24, 2.45) is 11.5 Å². The van der Waals surface area contributed by atoms with Gasteiger partial charge in [0.05, 0.1) is 0 Å². The second kappa shape index (κ2) is 9.39. The van der Waals surface area contributed by atoms with E-state index in [0.29, 0.717) is 0 Å². The molecule has 0 amide bonds. The Balaban J connectivity index is 0. The number of carboxylic acid groups (broad SMARTS) is 1. The summed E-state index contributed by atoms with van der Waals surface area (Å²) >= 11 is 0. The first-order chi connectivity index (χ1) is 5.06. The van der Waals surface area contributed by atoms with Gasteiger partial charge < -0.3 is 16.6 Å². The average Bonchev–Trinajstić information content (AvgIpc) is 1.90. The van der Waals surface area contributed by atoms with Crippen LogP contribution in [0.25, 0.3) is 0 Å². The minimum Gasteiger partial charge on any atom is -0.480 e. The molecule has 11 heavy (non-hydrogen) atoms. The minimum atomic E-state index is -0.963. The first-order valence-electron chi connectivity index (χ1n) is 3.74. The number of nitrogens with two attached hydrogens (primary N) is 2. The molecule has 0 radical (unpaired) electrons. The van der Waals surface area contributed by atoms with Crippen LogP contribution in [0.15, 0.2) is 0 Å². The van der Waals surface area contributed by atoms with E-state index in [9.17, 15) is 4.79 Å². The van der Waals surface area contributed by atoms with Crippen molar-refractivity contribution < 1.29 is 9.90 Å². The highest BCUT2D eigenvalue weighted by Gasteiger charge is 1.99. The molecule has 4 nitrogen and oxygen atoms in total. The van der Waals surface area contributed by atoms with Gasteiger partial charge in [0.15, 0.2) is 0 Å². The topological polar surface area (TPSA) is 89.3 Å². The summed E-state index contributed by atoms with van der Waals surface area (Å²) in [5, 5.41) is 7.87. The fourth-order valence-corrected chi connectivity index (χ4v) is 0.204. The number of carbonyl (C=O) groups is 1. The number of unbranched alkanes of at least 4 members (excludes halogenated alkanes) is 1. The lowest BCUT2D eigenvalue weighted by atomic mass is 10.3. The maximum Gasteiger partial charge on any atom is 0.320 e. The standard InChI is InChI=1S/C4H11N.C3H7NO2/c1-2-3-4-5;1-2(4)3(5)6/h2-5H2,1H3;2H,4H2,1H3,(H,5,6). The van der Waals surface area contributed by atoms with Crippen LogP contribution in [0.5, 0.6) is 0 Å². The van der Waals surface area contributed by atoms with Crippen LogP contribution in [0.1, 0.15) is 26.7 Å². The molecule has 0 fully saturated rings. The normalized spacial score (nSPS) is 11.3. The molecule has 0 aliphatic rings. The van der Waals surface area contributed by atoms with Crippen molar-refractivity contribution in [1.29, 1.82) is 0 Å². The summed E-state index contributed by atoms with van der Waals surface area (Å²) in [5.41, 5.74) is 9.97. The van der Waals surface area contributed by atoms with Crippen molar-refractivity contribution in [2.45, 2.75) is 32.7 Å². The van der Waals surface area contributed by atoms with Crippen LogP contribution in [0.2, 0.25) is 0 Å². The van der Waals surface area contributed by atoms with Crippen molar-refractivity contribution in [2.75, 3.05) is 6.54 Å². The molecule has 68 valence electrons.